The third-order valence-electron chi connectivity index (χ3n) is 4.06. The Hall–Kier alpha value is -5.02. The first-order chi connectivity index (χ1) is 15.5. The lowest BCUT2D eigenvalue weighted by atomic mass is 10.1. The molecule has 0 bridgehead atoms. The molecule has 0 atom stereocenters. The van der Waals surface area contributed by atoms with E-state index < -0.39 is 53.9 Å². The first-order valence-electron chi connectivity index (χ1n) is 8.84. The highest BCUT2D eigenvalue weighted by molar-refractivity contribution is 5.88. The maximum atomic E-state index is 10.9. The van der Waals surface area contributed by atoms with Crippen LogP contribution in [0.15, 0.2) is 34.3 Å². The molecule has 172 valence electrons. The summed E-state index contributed by atoms with van der Waals surface area (Å²) in [7, 11) is 0. The summed E-state index contributed by atoms with van der Waals surface area (Å²) in [6.45, 7) is 0.155. The maximum absolute atomic E-state index is 10.9. The Balaban J connectivity index is 2.07. The number of hydrogen-bond acceptors (Lipinski definition) is 12. The SMILES string of the molecule is O=[N+]([O-])c1cc(C=NCCCN=Cc2cc([N+](=O)[O-])cc([N+](=O)[O-])c2O)c(O)c([N+](=O)[O-])c1. The van der Waals surface area contributed by atoms with Crippen LogP contribution in [-0.2, 0) is 0 Å². The molecule has 0 radical (unpaired) electrons. The van der Waals surface area contributed by atoms with Crippen LogP contribution in [-0.4, -0.2) is 55.4 Å². The van der Waals surface area contributed by atoms with E-state index in [0.717, 1.165) is 24.6 Å². The molecule has 0 aromatic heterocycles. The summed E-state index contributed by atoms with van der Waals surface area (Å²) in [5.74, 6) is -1.56. The van der Waals surface area contributed by atoms with E-state index in [2.05, 4.69) is 9.98 Å². The first kappa shape index (κ1) is 24.3. The maximum Gasteiger partial charge on any atom is 0.318 e. The van der Waals surface area contributed by atoms with Crippen molar-refractivity contribution in [2.24, 2.45) is 9.98 Å². The number of nitro benzene ring substituents is 4. The summed E-state index contributed by atoms with van der Waals surface area (Å²) < 4.78 is 0. The molecule has 2 aromatic rings. The van der Waals surface area contributed by atoms with Gasteiger partial charge in [0.2, 0.25) is 11.5 Å². The smallest absolute Gasteiger partial charge is 0.318 e. The van der Waals surface area contributed by atoms with Crippen molar-refractivity contribution in [2.45, 2.75) is 6.42 Å². The molecule has 2 rings (SSSR count). The summed E-state index contributed by atoms with van der Waals surface area (Å²) in [6.07, 6.45) is 2.31. The Morgan fingerprint density at radius 3 is 1.33 bits per heavy atom. The summed E-state index contributed by atoms with van der Waals surface area (Å²) in [6, 6.07) is 3.08. The van der Waals surface area contributed by atoms with E-state index in [0.29, 0.717) is 12.1 Å². The molecule has 0 fully saturated rings. The zero-order valence-corrected chi connectivity index (χ0v) is 16.4. The number of rotatable bonds is 10. The number of aromatic hydroxyl groups is 2. The van der Waals surface area contributed by atoms with Gasteiger partial charge in [-0.1, -0.05) is 0 Å². The van der Waals surface area contributed by atoms with Gasteiger partial charge >= 0.3 is 11.4 Å². The monoisotopic (exact) mass is 462 g/mol. The Labute approximate surface area is 182 Å². The van der Waals surface area contributed by atoms with E-state index in [4.69, 9.17) is 0 Å². The highest BCUT2D eigenvalue weighted by Crippen LogP contribution is 2.34. The van der Waals surface area contributed by atoms with Gasteiger partial charge in [0, 0.05) is 48.8 Å². The van der Waals surface area contributed by atoms with E-state index in [1.165, 1.54) is 0 Å². The fraction of sp³-hybridized carbons (Fsp3) is 0.176. The molecule has 2 aromatic carbocycles. The Kier molecular flexibility index (Phi) is 7.59. The van der Waals surface area contributed by atoms with Crippen molar-refractivity contribution in [2.75, 3.05) is 13.1 Å². The van der Waals surface area contributed by atoms with Crippen molar-refractivity contribution < 1.29 is 29.9 Å². The van der Waals surface area contributed by atoms with Gasteiger partial charge in [0.15, 0.2) is 0 Å². The minimum absolute atomic E-state index is 0.0777. The van der Waals surface area contributed by atoms with Gasteiger partial charge in [0.25, 0.3) is 11.4 Å². The van der Waals surface area contributed by atoms with Crippen LogP contribution in [0.2, 0.25) is 0 Å². The van der Waals surface area contributed by atoms with Crippen LogP contribution in [0, 0.1) is 40.5 Å². The minimum Gasteiger partial charge on any atom is -0.502 e. The van der Waals surface area contributed by atoms with Crippen LogP contribution in [0.1, 0.15) is 17.5 Å². The van der Waals surface area contributed by atoms with Crippen LogP contribution in [0.3, 0.4) is 0 Å². The Bertz CT molecular complexity index is 1100. The number of benzene rings is 2. The second kappa shape index (κ2) is 10.3. The highest BCUT2D eigenvalue weighted by Gasteiger charge is 2.24. The van der Waals surface area contributed by atoms with Crippen LogP contribution in [0.25, 0.3) is 0 Å². The van der Waals surface area contributed by atoms with Crippen molar-refractivity contribution >= 4 is 35.2 Å². The van der Waals surface area contributed by atoms with Crippen molar-refractivity contribution in [3.8, 4) is 11.5 Å². The summed E-state index contributed by atoms with van der Waals surface area (Å²) in [4.78, 5) is 47.8. The average molecular weight is 462 g/mol. The number of non-ortho nitro benzene ring substituents is 2. The second-order valence-corrected chi connectivity index (χ2v) is 6.26. The quantitative estimate of drug-likeness (QED) is 0.226. The molecule has 16 nitrogen and oxygen atoms in total. The molecule has 0 saturated carbocycles. The number of aliphatic imine (C=N–C) groups is 2. The van der Waals surface area contributed by atoms with Crippen molar-refractivity contribution in [3.63, 3.8) is 0 Å². The molecule has 16 heteroatoms. The van der Waals surface area contributed by atoms with Crippen molar-refractivity contribution in [3.05, 3.63) is 75.8 Å². The van der Waals surface area contributed by atoms with E-state index in [1.807, 2.05) is 0 Å². The number of phenols is 2. The first-order valence-corrected chi connectivity index (χ1v) is 8.84. The molecule has 0 aliphatic rings. The van der Waals surface area contributed by atoms with Gasteiger partial charge in [-0.3, -0.25) is 50.4 Å². The number of nitrogens with zero attached hydrogens (tertiary/aromatic N) is 6. The third-order valence-corrected chi connectivity index (χ3v) is 4.06. The lowest BCUT2D eigenvalue weighted by molar-refractivity contribution is -0.395. The number of hydrogen-bond donors (Lipinski definition) is 2. The number of phenolic OH excluding ortho intramolecular Hbond substituents is 2. The highest BCUT2D eigenvalue weighted by atomic mass is 16.6. The minimum atomic E-state index is -0.970. The predicted octanol–water partition coefficient (Wildman–Crippen LogP) is 2.66. The molecule has 0 spiro atoms. The molecule has 0 aliphatic carbocycles. The molecular formula is C17H14N6O10. The van der Waals surface area contributed by atoms with Crippen LogP contribution in [0.5, 0.6) is 11.5 Å². The fourth-order valence-electron chi connectivity index (χ4n) is 2.52. The summed E-state index contributed by atoms with van der Waals surface area (Å²) >= 11 is 0. The lowest BCUT2D eigenvalue weighted by Gasteiger charge is -2.01. The molecule has 0 saturated heterocycles. The van der Waals surface area contributed by atoms with Crippen LogP contribution >= 0.6 is 0 Å². The topological polar surface area (TPSA) is 238 Å². The molecule has 0 heterocycles. The molecule has 0 aliphatic heterocycles. The van der Waals surface area contributed by atoms with Gasteiger partial charge in [0.1, 0.15) is 0 Å². The molecule has 33 heavy (non-hydrogen) atoms. The van der Waals surface area contributed by atoms with Gasteiger partial charge in [-0.15, -0.1) is 0 Å². The Morgan fingerprint density at radius 1 is 0.667 bits per heavy atom. The molecule has 2 N–H and O–H groups in total. The predicted molar refractivity (Wildman–Crippen MR) is 112 cm³/mol. The second-order valence-electron chi connectivity index (χ2n) is 6.26. The van der Waals surface area contributed by atoms with Crippen molar-refractivity contribution in [1.82, 2.24) is 0 Å². The summed E-state index contributed by atoms with van der Waals surface area (Å²) in [5, 5.41) is 63.4. The third kappa shape index (κ3) is 6.00. The van der Waals surface area contributed by atoms with E-state index in [-0.39, 0.29) is 30.6 Å². The largest absolute Gasteiger partial charge is 0.502 e. The van der Waals surface area contributed by atoms with Crippen LogP contribution < -0.4 is 0 Å². The zero-order valence-electron chi connectivity index (χ0n) is 16.4. The van der Waals surface area contributed by atoms with Gasteiger partial charge < -0.3 is 10.2 Å². The van der Waals surface area contributed by atoms with Crippen LogP contribution in [0.4, 0.5) is 22.7 Å². The van der Waals surface area contributed by atoms with E-state index in [1.54, 1.807) is 0 Å². The van der Waals surface area contributed by atoms with Gasteiger partial charge in [-0.05, 0) is 6.42 Å². The van der Waals surface area contributed by atoms with E-state index in [9.17, 15) is 50.7 Å². The van der Waals surface area contributed by atoms with Gasteiger partial charge in [-0.25, -0.2) is 0 Å². The average Bonchev–Trinajstić information content (AvgIpc) is 2.74. The fourth-order valence-corrected chi connectivity index (χ4v) is 2.52. The molecular weight excluding hydrogens is 448 g/mol. The van der Waals surface area contributed by atoms with Crippen molar-refractivity contribution in [1.29, 1.82) is 0 Å². The summed E-state index contributed by atoms with van der Waals surface area (Å²) in [5.41, 5.74) is -3.35. The lowest BCUT2D eigenvalue weighted by Crippen LogP contribution is -1.97. The standard InChI is InChI=1S/C17H14N6O10/c24-16-10(4-12(20(26)27)6-14(16)22(30)31)8-18-2-1-3-19-9-11-5-13(21(28)29)7-15(17(11)25)23(32)33/h4-9,24-25H,1-3H2. The number of nitro groups is 4. The molecule has 0 amide bonds. The van der Waals surface area contributed by atoms with Gasteiger partial charge in [0.05, 0.1) is 31.8 Å². The molecule has 0 unspecified atom stereocenters. The Morgan fingerprint density at radius 2 is 1.03 bits per heavy atom. The zero-order chi connectivity index (χ0) is 24.7. The van der Waals surface area contributed by atoms with Gasteiger partial charge in [-0.2, -0.15) is 0 Å². The normalized spacial score (nSPS) is 11.2. The van der Waals surface area contributed by atoms with E-state index >= 15 is 0 Å².